The summed E-state index contributed by atoms with van der Waals surface area (Å²) in [5.74, 6) is 0. The van der Waals surface area contributed by atoms with Crippen LogP contribution >= 0.6 is 0 Å². The van der Waals surface area contributed by atoms with Gasteiger partial charge in [-0.05, 0) is 6.42 Å². The zero-order valence-corrected chi connectivity index (χ0v) is 4.84. The third-order valence-corrected chi connectivity index (χ3v) is 0.868. The minimum atomic E-state index is -0.0231. The Bertz CT molecular complexity index is 70.6. The molecule has 0 aliphatic carbocycles. The molecule has 0 aliphatic heterocycles. The van der Waals surface area contributed by atoms with Crippen molar-refractivity contribution in [3.63, 3.8) is 0 Å². The van der Waals surface area contributed by atoms with Gasteiger partial charge in [0.1, 0.15) is 6.29 Å². The van der Waals surface area contributed by atoms with Gasteiger partial charge in [0.15, 0.2) is 0 Å². The van der Waals surface area contributed by atoms with Gasteiger partial charge in [0.25, 0.3) is 0 Å². The molecule has 0 spiro atoms. The van der Waals surface area contributed by atoms with E-state index in [1.165, 1.54) is 0 Å². The molecule has 0 unspecified atom stereocenters. The van der Waals surface area contributed by atoms with Gasteiger partial charge in [0.05, 0.1) is 0 Å². The number of hydrogen-bond donors (Lipinski definition) is 1. The minimum Gasteiger partial charge on any atom is -0.327 e. The zero-order chi connectivity index (χ0) is 6.41. The normalized spacial score (nSPS) is 12.6. The first-order valence-corrected chi connectivity index (χ1v) is 2.61. The smallest absolute Gasteiger partial charge is 0.121 e. The Balaban J connectivity index is 3.16. The Morgan fingerprint density at radius 3 is 2.62 bits per heavy atom. The van der Waals surface area contributed by atoms with Crippen molar-refractivity contribution < 1.29 is 4.79 Å². The quantitative estimate of drug-likeness (QED) is 0.425. The van der Waals surface area contributed by atoms with Crippen molar-refractivity contribution in [3.8, 4) is 0 Å². The van der Waals surface area contributed by atoms with Crippen LogP contribution in [0.4, 0.5) is 0 Å². The second-order valence-corrected chi connectivity index (χ2v) is 1.69. The fourth-order valence-electron chi connectivity index (χ4n) is 0.434. The molecule has 0 amide bonds. The summed E-state index contributed by atoms with van der Waals surface area (Å²) in [6.45, 7) is 3.49. The van der Waals surface area contributed by atoms with E-state index >= 15 is 0 Å². The van der Waals surface area contributed by atoms with E-state index in [-0.39, 0.29) is 6.04 Å². The molecular formula is C6H11NO. The first-order chi connectivity index (χ1) is 3.81. The van der Waals surface area contributed by atoms with Crippen LogP contribution in [0.1, 0.15) is 12.8 Å². The number of rotatable bonds is 4. The summed E-state index contributed by atoms with van der Waals surface area (Å²) in [6.07, 6.45) is 3.70. The summed E-state index contributed by atoms with van der Waals surface area (Å²) in [5, 5.41) is 0. The van der Waals surface area contributed by atoms with E-state index < -0.39 is 0 Å². The van der Waals surface area contributed by atoms with E-state index in [4.69, 9.17) is 5.73 Å². The molecule has 2 N–H and O–H groups in total. The molecule has 0 saturated heterocycles. The topological polar surface area (TPSA) is 43.1 Å². The van der Waals surface area contributed by atoms with Crippen LogP contribution in [0.5, 0.6) is 0 Å². The minimum absolute atomic E-state index is 0.0231. The lowest BCUT2D eigenvalue weighted by atomic mass is 10.2. The van der Waals surface area contributed by atoms with Crippen molar-refractivity contribution in [2.45, 2.75) is 18.9 Å². The Labute approximate surface area is 49.4 Å². The molecule has 0 aromatic heterocycles. The van der Waals surface area contributed by atoms with Crippen molar-refractivity contribution >= 4 is 6.29 Å². The molecule has 2 nitrogen and oxygen atoms in total. The van der Waals surface area contributed by atoms with Crippen molar-refractivity contribution in [1.82, 2.24) is 0 Å². The highest BCUT2D eigenvalue weighted by Gasteiger charge is 1.94. The van der Waals surface area contributed by atoms with Crippen LogP contribution in [0.25, 0.3) is 0 Å². The second kappa shape index (κ2) is 4.53. The van der Waals surface area contributed by atoms with Gasteiger partial charge in [-0.25, -0.2) is 0 Å². The highest BCUT2D eigenvalue weighted by atomic mass is 16.1. The molecule has 0 radical (unpaired) electrons. The lowest BCUT2D eigenvalue weighted by Crippen LogP contribution is -2.18. The van der Waals surface area contributed by atoms with Gasteiger partial charge < -0.3 is 10.5 Å². The van der Waals surface area contributed by atoms with E-state index in [9.17, 15) is 4.79 Å². The summed E-state index contributed by atoms with van der Waals surface area (Å²) >= 11 is 0. The fraction of sp³-hybridized carbons (Fsp3) is 0.500. The summed E-state index contributed by atoms with van der Waals surface area (Å²) in [5.41, 5.74) is 5.39. The maximum Gasteiger partial charge on any atom is 0.121 e. The SMILES string of the molecule is C=CC[C@H](N)CC=O. The predicted molar refractivity (Wildman–Crippen MR) is 33.5 cm³/mol. The zero-order valence-electron chi connectivity index (χ0n) is 4.84. The molecule has 0 saturated carbocycles. The van der Waals surface area contributed by atoms with Gasteiger partial charge in [-0.15, -0.1) is 6.58 Å². The molecule has 46 valence electrons. The van der Waals surface area contributed by atoms with Gasteiger partial charge in [-0.1, -0.05) is 6.08 Å². The van der Waals surface area contributed by atoms with Gasteiger partial charge in [0.2, 0.25) is 0 Å². The summed E-state index contributed by atoms with van der Waals surface area (Å²) in [4.78, 5) is 9.78. The maximum atomic E-state index is 9.78. The Morgan fingerprint density at radius 2 is 2.25 bits per heavy atom. The standard InChI is InChI=1S/C6H11NO/c1-2-3-6(7)4-5-8/h2,5-6H,1,3-4,7H2/t6-/m0/s1. The molecule has 1 atom stereocenters. The van der Waals surface area contributed by atoms with Crippen LogP contribution in [0.3, 0.4) is 0 Å². The van der Waals surface area contributed by atoms with Gasteiger partial charge in [-0.2, -0.15) is 0 Å². The second-order valence-electron chi connectivity index (χ2n) is 1.69. The monoisotopic (exact) mass is 113 g/mol. The average molecular weight is 113 g/mol. The largest absolute Gasteiger partial charge is 0.327 e. The fourth-order valence-corrected chi connectivity index (χ4v) is 0.434. The van der Waals surface area contributed by atoms with Gasteiger partial charge >= 0.3 is 0 Å². The van der Waals surface area contributed by atoms with Crippen molar-refractivity contribution in [1.29, 1.82) is 0 Å². The first kappa shape index (κ1) is 7.37. The maximum absolute atomic E-state index is 9.78. The van der Waals surface area contributed by atoms with Crippen molar-refractivity contribution in [3.05, 3.63) is 12.7 Å². The molecule has 0 bridgehead atoms. The third-order valence-electron chi connectivity index (χ3n) is 0.868. The van der Waals surface area contributed by atoms with Crippen LogP contribution in [0.2, 0.25) is 0 Å². The Hall–Kier alpha value is -0.630. The van der Waals surface area contributed by atoms with Crippen LogP contribution < -0.4 is 5.73 Å². The first-order valence-electron chi connectivity index (χ1n) is 2.61. The summed E-state index contributed by atoms with van der Waals surface area (Å²) in [6, 6.07) is -0.0231. The van der Waals surface area contributed by atoms with Crippen LogP contribution in [0.15, 0.2) is 12.7 Å². The lowest BCUT2D eigenvalue weighted by molar-refractivity contribution is -0.108. The molecule has 2 heteroatoms. The van der Waals surface area contributed by atoms with Gasteiger partial charge in [0, 0.05) is 12.5 Å². The number of hydrogen-bond acceptors (Lipinski definition) is 2. The molecule has 0 aliphatic rings. The molecule has 0 aromatic rings. The molecule has 0 fully saturated rings. The predicted octanol–water partition coefficient (Wildman–Crippen LogP) is 0.479. The van der Waals surface area contributed by atoms with E-state index in [1.54, 1.807) is 6.08 Å². The molecule has 0 aromatic carbocycles. The summed E-state index contributed by atoms with van der Waals surface area (Å²) in [7, 11) is 0. The van der Waals surface area contributed by atoms with E-state index in [1.807, 2.05) is 0 Å². The van der Waals surface area contributed by atoms with E-state index in [2.05, 4.69) is 6.58 Å². The number of carbonyl (C=O) groups is 1. The number of nitrogens with two attached hydrogens (primary N) is 1. The van der Waals surface area contributed by atoms with E-state index in [0.29, 0.717) is 6.42 Å². The average Bonchev–Trinajstić information content (AvgIpc) is 1.68. The highest BCUT2D eigenvalue weighted by molar-refractivity contribution is 5.50. The summed E-state index contributed by atoms with van der Waals surface area (Å²) < 4.78 is 0. The molecule has 8 heavy (non-hydrogen) atoms. The molecular weight excluding hydrogens is 102 g/mol. The molecule has 0 rings (SSSR count). The van der Waals surface area contributed by atoms with Crippen LogP contribution in [-0.2, 0) is 4.79 Å². The molecule has 0 heterocycles. The Morgan fingerprint density at radius 1 is 1.62 bits per heavy atom. The Kier molecular flexibility index (Phi) is 4.17. The van der Waals surface area contributed by atoms with Crippen LogP contribution in [-0.4, -0.2) is 12.3 Å². The lowest BCUT2D eigenvalue weighted by Gasteiger charge is -2.00. The van der Waals surface area contributed by atoms with Crippen molar-refractivity contribution in [2.75, 3.05) is 0 Å². The number of carbonyl (C=O) groups excluding carboxylic acids is 1. The van der Waals surface area contributed by atoms with Crippen LogP contribution in [0, 0.1) is 0 Å². The third kappa shape index (κ3) is 3.56. The highest BCUT2D eigenvalue weighted by Crippen LogP contribution is 1.90. The number of aldehydes is 1. The van der Waals surface area contributed by atoms with Crippen molar-refractivity contribution in [2.24, 2.45) is 5.73 Å². The van der Waals surface area contributed by atoms with Gasteiger partial charge in [-0.3, -0.25) is 0 Å². The van der Waals surface area contributed by atoms with E-state index in [0.717, 1.165) is 12.7 Å².